The molecule has 0 fully saturated rings. The van der Waals surface area contributed by atoms with Gasteiger partial charge < -0.3 is 20.5 Å². The van der Waals surface area contributed by atoms with Crippen LogP contribution in [0, 0.1) is 11.2 Å². The van der Waals surface area contributed by atoms with Crippen LogP contribution in [-0.2, 0) is 23.2 Å². The molecule has 3 N–H and O–H groups in total. The molecule has 0 saturated heterocycles. The number of halogens is 1. The normalized spacial score (nSPS) is 17.2. The van der Waals surface area contributed by atoms with Crippen LogP contribution < -0.4 is 21.3 Å². The van der Waals surface area contributed by atoms with Gasteiger partial charge in [0.15, 0.2) is 5.82 Å². The highest BCUT2D eigenvalue weighted by Gasteiger charge is 2.27. The summed E-state index contributed by atoms with van der Waals surface area (Å²) in [7, 11) is 2.58. The largest absolute Gasteiger partial charge is 0.328 e. The van der Waals surface area contributed by atoms with E-state index in [4.69, 9.17) is 0 Å². The van der Waals surface area contributed by atoms with Gasteiger partial charge in [-0.2, -0.15) is 0 Å². The van der Waals surface area contributed by atoms with Gasteiger partial charge in [0.05, 0.1) is 17.9 Å². The number of nitrogens with one attached hydrogen (secondary N) is 3. The highest BCUT2D eigenvalue weighted by Crippen LogP contribution is 2.25. The van der Waals surface area contributed by atoms with Gasteiger partial charge in [0.25, 0.3) is 0 Å². The Balaban J connectivity index is 1.61. The average Bonchev–Trinajstić information content (AvgIpc) is 3.22. The van der Waals surface area contributed by atoms with Crippen molar-refractivity contribution in [1.82, 2.24) is 20.2 Å². The maximum Gasteiger partial charge on any atom is 0.242 e. The van der Waals surface area contributed by atoms with E-state index in [0.717, 1.165) is 48.8 Å². The van der Waals surface area contributed by atoms with Gasteiger partial charge in [-0.15, -0.1) is 9.24 Å². The minimum atomic E-state index is -0.345. The first-order chi connectivity index (χ1) is 16.4. The molecule has 1 aromatic heterocycles. The number of fused-ring (bicyclic) bond motifs is 1. The molecule has 1 aromatic carbocycles. The van der Waals surface area contributed by atoms with Crippen molar-refractivity contribution < 1.29 is 9.18 Å². The van der Waals surface area contributed by atoms with Crippen LogP contribution in [0.5, 0.6) is 0 Å². The molecule has 3 rings (SSSR count). The first-order valence-corrected chi connectivity index (χ1v) is 13.3. The summed E-state index contributed by atoms with van der Waals surface area (Å²) in [5.74, 6) is 0.308. The lowest BCUT2D eigenvalue weighted by Crippen LogP contribution is -2.48. The first kappa shape index (κ1) is 27.8. The molecule has 1 amide bonds. The minimum Gasteiger partial charge on any atom is -0.328 e. The van der Waals surface area contributed by atoms with Gasteiger partial charge in [-0.3, -0.25) is 4.79 Å². The van der Waals surface area contributed by atoms with Crippen molar-refractivity contribution in [3.8, 4) is 0 Å². The lowest BCUT2D eigenvalue weighted by Gasteiger charge is -2.30. The molecular formula is C27H43FN5OP. The van der Waals surface area contributed by atoms with Gasteiger partial charge in [-0.1, -0.05) is 40.2 Å². The van der Waals surface area contributed by atoms with Gasteiger partial charge in [0.2, 0.25) is 5.91 Å². The maximum atomic E-state index is 14.5. The van der Waals surface area contributed by atoms with Crippen molar-refractivity contribution in [2.75, 3.05) is 18.4 Å². The summed E-state index contributed by atoms with van der Waals surface area (Å²) in [5.41, 5.74) is 1.89. The highest BCUT2D eigenvalue weighted by atomic mass is 31.0. The van der Waals surface area contributed by atoms with Crippen LogP contribution in [0.2, 0.25) is 0 Å². The Labute approximate surface area is 212 Å². The molecule has 0 aliphatic heterocycles. The zero-order chi connectivity index (χ0) is 25.8. The summed E-state index contributed by atoms with van der Waals surface area (Å²) in [6, 6.07) is 3.34. The number of hydrogen-bond acceptors (Lipinski definition) is 4. The molecule has 1 heterocycles. The molecule has 0 spiro atoms. The van der Waals surface area contributed by atoms with E-state index in [1.807, 2.05) is 16.8 Å². The number of nitrogens with zero attached hydrogens (tertiary/aromatic N) is 2. The van der Waals surface area contributed by atoms with E-state index in [2.05, 4.69) is 71.7 Å². The summed E-state index contributed by atoms with van der Waals surface area (Å²) >= 11 is 0. The Kier molecular flexibility index (Phi) is 9.11. The fraction of sp³-hybridized carbons (Fsp3) is 0.630. The van der Waals surface area contributed by atoms with Crippen molar-refractivity contribution in [2.24, 2.45) is 5.41 Å². The first-order valence-electron chi connectivity index (χ1n) is 12.8. The van der Waals surface area contributed by atoms with Crippen molar-refractivity contribution >= 4 is 26.3 Å². The van der Waals surface area contributed by atoms with Crippen LogP contribution in [0.1, 0.15) is 71.9 Å². The smallest absolute Gasteiger partial charge is 0.242 e. The fourth-order valence-electron chi connectivity index (χ4n) is 4.62. The van der Waals surface area contributed by atoms with Gasteiger partial charge >= 0.3 is 0 Å². The molecule has 0 radical (unpaired) electrons. The average molecular weight is 504 g/mol. The van der Waals surface area contributed by atoms with E-state index in [1.165, 1.54) is 0 Å². The summed E-state index contributed by atoms with van der Waals surface area (Å²) in [6.45, 7) is 14.7. The van der Waals surface area contributed by atoms with Crippen LogP contribution in [-0.4, -0.2) is 40.6 Å². The molecular weight excluding hydrogens is 460 g/mol. The predicted octanol–water partition coefficient (Wildman–Crippen LogP) is 4.15. The van der Waals surface area contributed by atoms with Gasteiger partial charge in [-0.25, -0.2) is 9.37 Å². The molecule has 1 aliphatic carbocycles. The summed E-state index contributed by atoms with van der Waals surface area (Å²) in [6.07, 6.45) is 7.56. The van der Waals surface area contributed by atoms with Crippen LogP contribution in [0.3, 0.4) is 0 Å². The monoisotopic (exact) mass is 503 g/mol. The zero-order valence-electron chi connectivity index (χ0n) is 22.2. The predicted molar refractivity (Wildman–Crippen MR) is 146 cm³/mol. The molecule has 0 bridgehead atoms. The van der Waals surface area contributed by atoms with E-state index >= 15 is 0 Å². The van der Waals surface area contributed by atoms with Crippen LogP contribution in [0.25, 0.3) is 0 Å². The number of rotatable bonds is 10. The topological polar surface area (TPSA) is 71.0 Å². The molecule has 1 aliphatic rings. The third-order valence-corrected chi connectivity index (χ3v) is 6.93. The van der Waals surface area contributed by atoms with Gasteiger partial charge in [0.1, 0.15) is 5.82 Å². The lowest BCUT2D eigenvalue weighted by molar-refractivity contribution is -0.118. The molecule has 1 unspecified atom stereocenters. The SMILES string of the molecule is CCC[C@H](N[C@H]1CCc2cc(P)cc(F)c2C1)C(=O)Nc1cn(C(C)(C)CNCC(C)(C)C)cn1. The number of anilines is 1. The molecule has 194 valence electrons. The number of imidazole rings is 1. The number of amides is 1. The van der Waals surface area contributed by atoms with Crippen LogP contribution in [0.15, 0.2) is 24.7 Å². The molecule has 2 aromatic rings. The zero-order valence-corrected chi connectivity index (χ0v) is 23.3. The molecule has 0 saturated carbocycles. The van der Waals surface area contributed by atoms with Crippen LogP contribution in [0.4, 0.5) is 10.2 Å². The quantitative estimate of drug-likeness (QED) is 0.426. The van der Waals surface area contributed by atoms with Gasteiger partial charge in [0, 0.05) is 25.3 Å². The number of benzene rings is 1. The Hall–Kier alpha value is -1.82. The summed E-state index contributed by atoms with van der Waals surface area (Å²) in [5, 5.41) is 10.9. The Morgan fingerprint density at radius 1 is 1.26 bits per heavy atom. The van der Waals surface area contributed by atoms with Crippen molar-refractivity contribution in [3.63, 3.8) is 0 Å². The third kappa shape index (κ3) is 7.83. The number of aromatic nitrogens is 2. The second-order valence-electron chi connectivity index (χ2n) is 11.7. The molecule has 3 atom stereocenters. The van der Waals surface area contributed by atoms with Crippen molar-refractivity contribution in [2.45, 2.75) is 91.3 Å². The number of hydrogen-bond donors (Lipinski definition) is 3. The van der Waals surface area contributed by atoms with E-state index in [-0.39, 0.29) is 34.8 Å². The maximum absolute atomic E-state index is 14.5. The molecule has 35 heavy (non-hydrogen) atoms. The lowest BCUT2D eigenvalue weighted by atomic mass is 9.87. The summed E-state index contributed by atoms with van der Waals surface area (Å²) < 4.78 is 16.6. The van der Waals surface area contributed by atoms with Crippen molar-refractivity contribution in [1.29, 1.82) is 0 Å². The Morgan fingerprint density at radius 2 is 2.00 bits per heavy atom. The van der Waals surface area contributed by atoms with E-state index in [0.29, 0.717) is 18.7 Å². The second-order valence-corrected chi connectivity index (χ2v) is 12.4. The second kappa shape index (κ2) is 11.5. The van der Waals surface area contributed by atoms with E-state index in [9.17, 15) is 9.18 Å². The van der Waals surface area contributed by atoms with Crippen molar-refractivity contribution in [3.05, 3.63) is 41.6 Å². The highest BCUT2D eigenvalue weighted by molar-refractivity contribution is 7.27. The van der Waals surface area contributed by atoms with E-state index in [1.54, 1.807) is 12.4 Å². The minimum absolute atomic E-state index is 0.0695. The standard InChI is InChI=1S/C27H43FN5OP/c1-7-8-23(31-19-10-9-18-11-20(35)13-22(28)21(18)12-19)25(34)32-24-14-33(17-30-24)27(5,6)16-29-15-26(2,3)4/h11,13-14,17,19,23,29,31H,7-10,12,15-16,35H2,1-6H3,(H,32,34)/t19-,23-/m0/s1. The molecule has 8 heteroatoms. The number of aryl methyl sites for hydroxylation is 1. The molecule has 6 nitrogen and oxygen atoms in total. The van der Waals surface area contributed by atoms with Crippen LogP contribution >= 0.6 is 9.24 Å². The van der Waals surface area contributed by atoms with E-state index < -0.39 is 0 Å². The van der Waals surface area contributed by atoms with Gasteiger partial charge in [-0.05, 0) is 67.4 Å². The number of carbonyl (C=O) groups excluding carboxylic acids is 1. The fourth-order valence-corrected chi connectivity index (χ4v) is 4.97. The Bertz CT molecular complexity index is 1010. The third-order valence-electron chi connectivity index (χ3n) is 6.60. The summed E-state index contributed by atoms with van der Waals surface area (Å²) in [4.78, 5) is 17.6. The Morgan fingerprint density at radius 3 is 2.69 bits per heavy atom. The number of carbonyl (C=O) groups is 1.